The van der Waals surface area contributed by atoms with Crippen LogP contribution in [0.5, 0.6) is 5.75 Å². The number of hydrogen-bond donors (Lipinski definition) is 3. The first-order valence-corrected chi connectivity index (χ1v) is 9.93. The van der Waals surface area contributed by atoms with Gasteiger partial charge in [0, 0.05) is 23.4 Å². The Morgan fingerprint density at radius 1 is 1.06 bits per heavy atom. The van der Waals surface area contributed by atoms with E-state index < -0.39 is 17.4 Å². The highest BCUT2D eigenvalue weighted by Crippen LogP contribution is 2.32. The minimum atomic E-state index is -1.13. The maximum atomic E-state index is 12.8. The highest BCUT2D eigenvalue weighted by molar-refractivity contribution is 6.07. The summed E-state index contributed by atoms with van der Waals surface area (Å²) in [4.78, 5) is 51.9. The monoisotopic (exact) mass is 432 g/mol. The van der Waals surface area contributed by atoms with E-state index in [9.17, 15) is 19.2 Å². The van der Waals surface area contributed by atoms with Crippen LogP contribution in [0.3, 0.4) is 0 Å². The third-order valence-electron chi connectivity index (χ3n) is 5.50. The van der Waals surface area contributed by atoms with Crippen molar-refractivity contribution in [3.63, 3.8) is 0 Å². The second-order valence-corrected chi connectivity index (χ2v) is 7.55. The predicted octanol–water partition coefficient (Wildman–Crippen LogP) is 3.25. The van der Waals surface area contributed by atoms with E-state index in [2.05, 4.69) is 10.3 Å². The van der Waals surface area contributed by atoms with Gasteiger partial charge in [-0.15, -0.1) is 0 Å². The fourth-order valence-corrected chi connectivity index (χ4v) is 3.84. The van der Waals surface area contributed by atoms with Crippen molar-refractivity contribution in [1.82, 2.24) is 4.98 Å². The molecule has 1 atom stereocenters. The molecule has 8 heteroatoms. The Morgan fingerprint density at radius 2 is 1.81 bits per heavy atom. The third-order valence-corrected chi connectivity index (χ3v) is 5.50. The molecule has 0 bridgehead atoms. The molecular formula is C24H20N2O6. The average molecular weight is 432 g/mol. The number of amides is 1. The lowest BCUT2D eigenvalue weighted by atomic mass is 9.81. The zero-order valence-electron chi connectivity index (χ0n) is 17.2. The average Bonchev–Trinajstić information content (AvgIpc) is 2.78. The Morgan fingerprint density at radius 3 is 2.50 bits per heavy atom. The zero-order chi connectivity index (χ0) is 22.8. The fourth-order valence-electron chi connectivity index (χ4n) is 3.84. The molecule has 1 aromatic heterocycles. The maximum Gasteiger partial charge on any atom is 0.335 e. The number of nitrogens with one attached hydrogen (secondary N) is 2. The molecule has 2 aromatic carbocycles. The molecule has 1 amide bonds. The summed E-state index contributed by atoms with van der Waals surface area (Å²) in [5.41, 5.74) is 1.19. The largest absolute Gasteiger partial charge is 0.497 e. The van der Waals surface area contributed by atoms with E-state index in [0.717, 1.165) is 5.56 Å². The van der Waals surface area contributed by atoms with Crippen LogP contribution in [-0.2, 0) is 6.42 Å². The molecular weight excluding hydrogens is 412 g/mol. The number of ether oxygens (including phenoxy) is 1. The van der Waals surface area contributed by atoms with E-state index in [0.29, 0.717) is 23.4 Å². The molecule has 0 fully saturated rings. The number of carbonyl (C=O) groups excluding carboxylic acids is 2. The Balaban J connectivity index is 1.59. The molecule has 1 heterocycles. The Kier molecular flexibility index (Phi) is 5.59. The number of ketones is 1. The Hall–Kier alpha value is -4.20. The smallest absolute Gasteiger partial charge is 0.335 e. The Bertz CT molecular complexity index is 1280. The van der Waals surface area contributed by atoms with Crippen molar-refractivity contribution in [2.24, 2.45) is 0 Å². The number of benzene rings is 2. The number of carboxylic acids is 1. The van der Waals surface area contributed by atoms with Gasteiger partial charge in [0.2, 0.25) is 0 Å². The molecule has 32 heavy (non-hydrogen) atoms. The summed E-state index contributed by atoms with van der Waals surface area (Å²) < 4.78 is 5.16. The van der Waals surface area contributed by atoms with Gasteiger partial charge in [-0.25, -0.2) is 4.79 Å². The number of pyridine rings is 1. The minimum absolute atomic E-state index is 0.00176. The number of Topliss-reactive ketones (excluding diaryl/α,β-unsaturated/α-hetero) is 1. The number of H-pyrrole nitrogens is 1. The van der Waals surface area contributed by atoms with E-state index in [-0.39, 0.29) is 34.9 Å². The van der Waals surface area contributed by atoms with Gasteiger partial charge in [-0.3, -0.25) is 14.4 Å². The first-order chi connectivity index (χ1) is 15.4. The SMILES string of the molecule is COc1ccc(C2CC(=O)c3cc(C(=O)Nc4cccc(C(=O)O)c4)c(=O)[nH]c3C2)cc1. The number of rotatable bonds is 5. The first kappa shape index (κ1) is 21.0. The van der Waals surface area contributed by atoms with Crippen LogP contribution >= 0.6 is 0 Å². The molecule has 0 aliphatic heterocycles. The van der Waals surface area contributed by atoms with E-state index in [1.807, 2.05) is 24.3 Å². The molecule has 1 aliphatic carbocycles. The van der Waals surface area contributed by atoms with Gasteiger partial charge >= 0.3 is 5.97 Å². The molecule has 0 saturated carbocycles. The predicted molar refractivity (Wildman–Crippen MR) is 117 cm³/mol. The minimum Gasteiger partial charge on any atom is -0.497 e. The zero-order valence-corrected chi connectivity index (χ0v) is 17.2. The number of anilines is 1. The lowest BCUT2D eigenvalue weighted by molar-refractivity contribution is 0.0696. The van der Waals surface area contributed by atoms with Crippen LogP contribution in [0.1, 0.15) is 54.7 Å². The number of aromatic nitrogens is 1. The van der Waals surface area contributed by atoms with Crippen LogP contribution < -0.4 is 15.6 Å². The second-order valence-electron chi connectivity index (χ2n) is 7.55. The molecule has 0 saturated heterocycles. The van der Waals surface area contributed by atoms with Crippen LogP contribution in [0.25, 0.3) is 0 Å². The third kappa shape index (κ3) is 4.15. The summed E-state index contributed by atoms with van der Waals surface area (Å²) in [6.07, 6.45) is 0.721. The topological polar surface area (TPSA) is 126 Å². The van der Waals surface area contributed by atoms with Crippen LogP contribution in [0.4, 0.5) is 5.69 Å². The molecule has 3 aromatic rings. The summed E-state index contributed by atoms with van der Waals surface area (Å²) >= 11 is 0. The Labute approximate surface area is 182 Å². The summed E-state index contributed by atoms with van der Waals surface area (Å²) in [7, 11) is 1.58. The fraction of sp³-hybridized carbons (Fsp3) is 0.167. The van der Waals surface area contributed by atoms with Crippen LogP contribution in [-0.4, -0.2) is 34.9 Å². The molecule has 3 N–H and O–H groups in total. The summed E-state index contributed by atoms with van der Waals surface area (Å²) in [5, 5.41) is 11.6. The summed E-state index contributed by atoms with van der Waals surface area (Å²) in [6, 6.07) is 14.4. The lowest BCUT2D eigenvalue weighted by Crippen LogP contribution is -2.29. The van der Waals surface area contributed by atoms with E-state index in [4.69, 9.17) is 9.84 Å². The van der Waals surface area contributed by atoms with Gasteiger partial charge in [-0.2, -0.15) is 0 Å². The maximum absolute atomic E-state index is 12.8. The van der Waals surface area contributed by atoms with Crippen molar-refractivity contribution in [3.8, 4) is 5.75 Å². The molecule has 8 nitrogen and oxygen atoms in total. The normalized spacial score (nSPS) is 15.0. The number of carboxylic acid groups (broad SMARTS) is 1. The molecule has 4 rings (SSSR count). The summed E-state index contributed by atoms with van der Waals surface area (Å²) in [6.45, 7) is 0. The lowest BCUT2D eigenvalue weighted by Gasteiger charge is -2.24. The molecule has 0 spiro atoms. The first-order valence-electron chi connectivity index (χ1n) is 9.93. The second kappa shape index (κ2) is 8.50. The highest BCUT2D eigenvalue weighted by Gasteiger charge is 2.29. The van der Waals surface area contributed by atoms with Crippen molar-refractivity contribution in [2.45, 2.75) is 18.8 Å². The standard InChI is InChI=1S/C24H20N2O6/c1-32-17-7-5-13(6-8-17)15-10-20-18(21(27)11-15)12-19(23(29)26-20)22(28)25-16-4-2-3-14(9-16)24(30)31/h2-9,12,15H,10-11H2,1H3,(H,25,28)(H,26,29)(H,30,31). The van der Waals surface area contributed by atoms with Gasteiger partial charge < -0.3 is 20.1 Å². The van der Waals surface area contributed by atoms with Crippen molar-refractivity contribution in [2.75, 3.05) is 12.4 Å². The summed E-state index contributed by atoms with van der Waals surface area (Å²) in [5.74, 6) is -1.39. The number of methoxy groups -OCH3 is 1. The number of aromatic carboxylic acids is 1. The van der Waals surface area contributed by atoms with Crippen molar-refractivity contribution in [1.29, 1.82) is 0 Å². The van der Waals surface area contributed by atoms with Gasteiger partial charge in [-0.1, -0.05) is 18.2 Å². The molecule has 1 unspecified atom stereocenters. The highest BCUT2D eigenvalue weighted by atomic mass is 16.5. The van der Waals surface area contributed by atoms with Crippen LogP contribution in [0.2, 0.25) is 0 Å². The van der Waals surface area contributed by atoms with Gasteiger partial charge in [-0.05, 0) is 54.3 Å². The molecule has 1 aliphatic rings. The van der Waals surface area contributed by atoms with E-state index in [1.165, 1.54) is 30.3 Å². The van der Waals surface area contributed by atoms with Gasteiger partial charge in [0.05, 0.1) is 12.7 Å². The van der Waals surface area contributed by atoms with Gasteiger partial charge in [0.15, 0.2) is 5.78 Å². The molecule has 0 radical (unpaired) electrons. The van der Waals surface area contributed by atoms with Gasteiger partial charge in [0.25, 0.3) is 11.5 Å². The van der Waals surface area contributed by atoms with Crippen molar-refractivity contribution in [3.05, 3.63) is 92.9 Å². The van der Waals surface area contributed by atoms with Crippen molar-refractivity contribution < 1.29 is 24.2 Å². The number of carbonyl (C=O) groups is 3. The van der Waals surface area contributed by atoms with Gasteiger partial charge in [0.1, 0.15) is 11.3 Å². The quantitative estimate of drug-likeness (QED) is 0.568. The van der Waals surface area contributed by atoms with E-state index >= 15 is 0 Å². The number of aromatic amines is 1. The van der Waals surface area contributed by atoms with E-state index in [1.54, 1.807) is 7.11 Å². The number of hydrogen-bond acceptors (Lipinski definition) is 5. The number of fused-ring (bicyclic) bond motifs is 1. The van der Waals surface area contributed by atoms with Crippen LogP contribution in [0, 0.1) is 0 Å². The van der Waals surface area contributed by atoms with Crippen LogP contribution in [0.15, 0.2) is 59.4 Å². The molecule has 162 valence electrons. The van der Waals surface area contributed by atoms with Crippen molar-refractivity contribution >= 4 is 23.3 Å².